The lowest BCUT2D eigenvalue weighted by Crippen LogP contribution is -2.59. The fourth-order valence-corrected chi connectivity index (χ4v) is 3.45. The van der Waals surface area contributed by atoms with Crippen molar-refractivity contribution in [2.75, 3.05) is 31.1 Å². The van der Waals surface area contributed by atoms with Gasteiger partial charge in [-0.1, -0.05) is 0 Å². The van der Waals surface area contributed by atoms with Crippen LogP contribution < -0.4 is 9.64 Å². The van der Waals surface area contributed by atoms with E-state index in [1.165, 1.54) is 6.33 Å². The second-order valence-corrected chi connectivity index (χ2v) is 7.59. The zero-order chi connectivity index (χ0) is 18.5. The smallest absolute Gasteiger partial charge is 0.410 e. The van der Waals surface area contributed by atoms with Crippen molar-refractivity contribution >= 4 is 22.7 Å². The van der Waals surface area contributed by atoms with E-state index in [4.69, 9.17) is 9.47 Å². The summed E-state index contributed by atoms with van der Waals surface area (Å²) in [6.45, 7) is 7.77. The summed E-state index contributed by atoms with van der Waals surface area (Å²) >= 11 is 0. The van der Waals surface area contributed by atoms with Crippen molar-refractivity contribution < 1.29 is 19.4 Å². The molecule has 0 spiro atoms. The molecule has 26 heavy (non-hydrogen) atoms. The van der Waals surface area contributed by atoms with Crippen LogP contribution in [0.3, 0.4) is 0 Å². The number of hydrogen-bond acceptors (Lipinski definition) is 7. The van der Waals surface area contributed by atoms with Gasteiger partial charge in [-0.25, -0.2) is 14.8 Å². The molecule has 138 valence electrons. The molecule has 1 atom stereocenters. The molecule has 8 heteroatoms. The number of aromatic hydroxyl groups is 1. The molecule has 2 aliphatic heterocycles. The summed E-state index contributed by atoms with van der Waals surface area (Å²) in [5.74, 6) is 0.514. The van der Waals surface area contributed by atoms with Gasteiger partial charge in [-0.3, -0.25) is 0 Å². The fraction of sp³-hybridized carbons (Fsp3) is 0.500. The van der Waals surface area contributed by atoms with Gasteiger partial charge in [0.05, 0.1) is 17.2 Å². The van der Waals surface area contributed by atoms with Gasteiger partial charge in [0.1, 0.15) is 23.9 Å². The lowest BCUT2D eigenvalue weighted by molar-refractivity contribution is 0.0195. The number of rotatable bonds is 0. The van der Waals surface area contributed by atoms with Gasteiger partial charge in [-0.05, 0) is 32.9 Å². The van der Waals surface area contributed by atoms with Crippen LogP contribution in [0.4, 0.5) is 10.5 Å². The van der Waals surface area contributed by atoms with E-state index in [1.807, 2.05) is 32.9 Å². The molecule has 1 aromatic carbocycles. The van der Waals surface area contributed by atoms with Gasteiger partial charge < -0.3 is 24.4 Å². The van der Waals surface area contributed by atoms with Crippen LogP contribution in [-0.4, -0.2) is 64.0 Å². The summed E-state index contributed by atoms with van der Waals surface area (Å²) in [5, 5.41) is 10.7. The first-order chi connectivity index (χ1) is 12.3. The molecule has 1 fully saturated rings. The summed E-state index contributed by atoms with van der Waals surface area (Å²) in [4.78, 5) is 24.3. The number of piperazine rings is 1. The molecule has 0 aliphatic carbocycles. The highest BCUT2D eigenvalue weighted by molar-refractivity contribution is 5.95. The van der Waals surface area contributed by atoms with E-state index in [-0.39, 0.29) is 18.0 Å². The molecule has 1 saturated heterocycles. The number of fused-ring (bicyclic) bond motifs is 5. The number of amides is 1. The Bertz CT molecular complexity index is 864. The predicted molar refractivity (Wildman–Crippen MR) is 95.6 cm³/mol. The maximum absolute atomic E-state index is 12.3. The summed E-state index contributed by atoms with van der Waals surface area (Å²) in [6, 6.07) is 3.83. The second kappa shape index (κ2) is 5.89. The van der Waals surface area contributed by atoms with Crippen LogP contribution in [0.2, 0.25) is 0 Å². The fourth-order valence-electron chi connectivity index (χ4n) is 3.45. The normalized spacial score (nSPS) is 19.6. The third-order valence-corrected chi connectivity index (χ3v) is 4.58. The van der Waals surface area contributed by atoms with Crippen molar-refractivity contribution in [3.05, 3.63) is 18.5 Å². The Labute approximate surface area is 151 Å². The molecule has 1 N–H and O–H groups in total. The van der Waals surface area contributed by atoms with Gasteiger partial charge in [0, 0.05) is 19.6 Å². The van der Waals surface area contributed by atoms with Crippen molar-refractivity contribution in [2.45, 2.75) is 32.4 Å². The molecular weight excluding hydrogens is 336 g/mol. The Morgan fingerprint density at radius 3 is 2.88 bits per heavy atom. The second-order valence-electron chi connectivity index (χ2n) is 7.59. The average molecular weight is 358 g/mol. The monoisotopic (exact) mass is 358 g/mol. The SMILES string of the molecule is CC(C)(C)OC(=O)N1CCN2c3ccc4ncnc(O)c4c3OCC2C1. The number of carbonyl (C=O) groups excluding carboxylic acids is 1. The zero-order valence-corrected chi connectivity index (χ0v) is 15.1. The number of nitrogens with zero attached hydrogens (tertiary/aromatic N) is 4. The van der Waals surface area contributed by atoms with E-state index in [0.29, 0.717) is 42.9 Å². The van der Waals surface area contributed by atoms with Crippen LogP contribution in [-0.2, 0) is 4.74 Å². The maximum Gasteiger partial charge on any atom is 0.410 e. The van der Waals surface area contributed by atoms with Crippen LogP contribution in [0.25, 0.3) is 10.9 Å². The third-order valence-electron chi connectivity index (χ3n) is 4.58. The molecule has 0 radical (unpaired) electrons. The van der Waals surface area contributed by atoms with Crippen molar-refractivity contribution in [3.63, 3.8) is 0 Å². The van der Waals surface area contributed by atoms with E-state index in [1.54, 1.807) is 4.90 Å². The predicted octanol–water partition coefficient (Wildman–Crippen LogP) is 2.15. The number of ether oxygens (including phenoxy) is 2. The van der Waals surface area contributed by atoms with Crippen LogP contribution in [0.1, 0.15) is 20.8 Å². The van der Waals surface area contributed by atoms with Gasteiger partial charge in [0.25, 0.3) is 0 Å². The van der Waals surface area contributed by atoms with E-state index in [2.05, 4.69) is 14.9 Å². The standard InChI is InChI=1S/C18H22N4O4/c1-18(2,3)26-17(24)21-6-7-22-11(8-21)9-25-15-13(22)5-4-12-14(15)16(23)20-10-19-12/h4-5,10-11H,6-9H2,1-3H3,(H,19,20,23). The number of carbonyl (C=O) groups is 1. The van der Waals surface area contributed by atoms with Crippen LogP contribution in [0, 0.1) is 0 Å². The van der Waals surface area contributed by atoms with Gasteiger partial charge >= 0.3 is 6.09 Å². The third kappa shape index (κ3) is 2.85. The number of hydrogen-bond donors (Lipinski definition) is 1. The van der Waals surface area contributed by atoms with Crippen LogP contribution in [0.15, 0.2) is 18.5 Å². The number of benzene rings is 1. The molecule has 1 amide bonds. The largest absolute Gasteiger partial charge is 0.493 e. The van der Waals surface area contributed by atoms with Crippen LogP contribution >= 0.6 is 0 Å². The molecule has 0 bridgehead atoms. The lowest BCUT2D eigenvalue weighted by atomic mass is 10.1. The van der Waals surface area contributed by atoms with Gasteiger partial charge in [-0.2, -0.15) is 0 Å². The van der Waals surface area contributed by atoms with Crippen molar-refractivity contribution in [1.82, 2.24) is 14.9 Å². The minimum Gasteiger partial charge on any atom is -0.493 e. The molecule has 2 aromatic rings. The molecule has 3 heterocycles. The molecule has 4 rings (SSSR count). The summed E-state index contributed by atoms with van der Waals surface area (Å²) < 4.78 is 11.4. The summed E-state index contributed by atoms with van der Waals surface area (Å²) in [6.07, 6.45) is 1.03. The first kappa shape index (κ1) is 16.7. The summed E-state index contributed by atoms with van der Waals surface area (Å²) in [5.41, 5.74) is 1.02. The van der Waals surface area contributed by atoms with E-state index in [0.717, 1.165) is 5.69 Å². The van der Waals surface area contributed by atoms with E-state index >= 15 is 0 Å². The first-order valence-corrected chi connectivity index (χ1v) is 8.67. The molecule has 0 saturated carbocycles. The Morgan fingerprint density at radius 2 is 2.12 bits per heavy atom. The Kier molecular flexibility index (Phi) is 3.78. The molecule has 8 nitrogen and oxygen atoms in total. The topological polar surface area (TPSA) is 88.0 Å². The Balaban J connectivity index is 1.60. The highest BCUT2D eigenvalue weighted by atomic mass is 16.6. The first-order valence-electron chi connectivity index (χ1n) is 8.67. The molecule has 1 aromatic heterocycles. The average Bonchev–Trinajstić information content (AvgIpc) is 2.59. The van der Waals surface area contributed by atoms with Crippen molar-refractivity contribution in [1.29, 1.82) is 0 Å². The quantitative estimate of drug-likeness (QED) is 0.772. The molecule has 2 aliphatic rings. The van der Waals surface area contributed by atoms with E-state index in [9.17, 15) is 9.90 Å². The lowest BCUT2D eigenvalue weighted by Gasteiger charge is -2.45. The van der Waals surface area contributed by atoms with E-state index < -0.39 is 5.60 Å². The highest BCUT2D eigenvalue weighted by Crippen LogP contribution is 2.42. The Morgan fingerprint density at radius 1 is 1.31 bits per heavy atom. The van der Waals surface area contributed by atoms with Gasteiger partial charge in [0.15, 0.2) is 5.75 Å². The minimum atomic E-state index is -0.514. The van der Waals surface area contributed by atoms with Gasteiger partial charge in [-0.15, -0.1) is 0 Å². The maximum atomic E-state index is 12.3. The Hall–Kier alpha value is -2.77. The minimum absolute atomic E-state index is 0.0352. The van der Waals surface area contributed by atoms with Crippen molar-refractivity contribution in [2.24, 2.45) is 0 Å². The zero-order valence-electron chi connectivity index (χ0n) is 15.1. The molecular formula is C18H22N4O4. The highest BCUT2D eigenvalue weighted by Gasteiger charge is 2.37. The van der Waals surface area contributed by atoms with Crippen LogP contribution in [0.5, 0.6) is 11.6 Å². The molecule has 1 unspecified atom stereocenters. The number of anilines is 1. The number of aromatic nitrogens is 2. The van der Waals surface area contributed by atoms with Gasteiger partial charge in [0.2, 0.25) is 5.88 Å². The van der Waals surface area contributed by atoms with Crippen molar-refractivity contribution in [3.8, 4) is 11.6 Å². The summed E-state index contributed by atoms with van der Waals surface area (Å²) in [7, 11) is 0.